The Bertz CT molecular complexity index is 804. The van der Waals surface area contributed by atoms with Gasteiger partial charge in [0.15, 0.2) is 17.5 Å². The molecule has 0 bridgehead atoms. The molecule has 7 nitrogen and oxygen atoms in total. The molecule has 0 aliphatic rings. The molecule has 1 aromatic carbocycles. The molecule has 10 heteroatoms. The Morgan fingerprint density at radius 2 is 2.04 bits per heavy atom. The number of aliphatic hydroxyl groups is 1. The molecule has 0 aliphatic carbocycles. The van der Waals surface area contributed by atoms with E-state index in [0.29, 0.717) is 6.07 Å². The molecule has 0 saturated heterocycles. The Morgan fingerprint density at radius 3 is 2.67 bits per heavy atom. The van der Waals surface area contributed by atoms with Gasteiger partial charge in [-0.3, -0.25) is 0 Å². The van der Waals surface area contributed by atoms with Crippen LogP contribution in [-0.2, 0) is 9.53 Å². The monoisotopic (exact) mass is 340 g/mol. The average molecular weight is 340 g/mol. The highest BCUT2D eigenvalue weighted by Gasteiger charge is 2.21. The highest BCUT2D eigenvalue weighted by atomic mass is 19.2. The smallest absolute Gasteiger partial charge is 0.343 e. The minimum Gasteiger partial charge on any atom is -0.506 e. The third-order valence-corrected chi connectivity index (χ3v) is 2.74. The second-order valence-electron chi connectivity index (χ2n) is 4.32. The first-order valence-corrected chi connectivity index (χ1v) is 6.59. The second kappa shape index (κ2) is 7.40. The van der Waals surface area contributed by atoms with Crippen LogP contribution < -0.4 is 0 Å². The van der Waals surface area contributed by atoms with Crippen LogP contribution in [0.3, 0.4) is 0 Å². The number of H-pyrrole nitrogens is 1. The molecular formula is C14H11F3N4O3. The number of aromatic amines is 1. The van der Waals surface area contributed by atoms with Gasteiger partial charge in [-0.15, -0.1) is 5.10 Å². The van der Waals surface area contributed by atoms with Gasteiger partial charge in [-0.25, -0.2) is 23.0 Å². The Morgan fingerprint density at radius 1 is 1.33 bits per heavy atom. The Balaban J connectivity index is 2.53. The van der Waals surface area contributed by atoms with E-state index in [0.717, 1.165) is 6.21 Å². The fourth-order valence-electron chi connectivity index (χ4n) is 1.66. The van der Waals surface area contributed by atoms with E-state index < -0.39 is 40.3 Å². The molecule has 0 atom stereocenters. The van der Waals surface area contributed by atoms with Crippen molar-refractivity contribution in [2.45, 2.75) is 6.92 Å². The van der Waals surface area contributed by atoms with Crippen LogP contribution in [0.15, 0.2) is 28.9 Å². The maximum Gasteiger partial charge on any atom is 0.343 e. The van der Waals surface area contributed by atoms with Crippen molar-refractivity contribution in [3.05, 3.63) is 46.9 Å². The predicted molar refractivity (Wildman–Crippen MR) is 77.0 cm³/mol. The molecule has 0 fully saturated rings. The normalized spacial score (nSPS) is 12.3. The summed E-state index contributed by atoms with van der Waals surface area (Å²) in [5.41, 5.74) is -1.28. The first-order chi connectivity index (χ1) is 11.4. The summed E-state index contributed by atoms with van der Waals surface area (Å²) in [6.07, 6.45) is 2.07. The number of benzene rings is 1. The molecule has 2 N–H and O–H groups in total. The fraction of sp³-hybridized carbons (Fsp3) is 0.143. The van der Waals surface area contributed by atoms with E-state index in [1.807, 2.05) is 0 Å². The SMILES string of the molecule is CCOC(=O)C(C=Nc1cn[nH]n1)=C(O)c1cc(F)c(F)cc1F. The van der Waals surface area contributed by atoms with E-state index in [1.165, 1.54) is 13.1 Å². The first kappa shape index (κ1) is 17.2. The van der Waals surface area contributed by atoms with E-state index in [9.17, 15) is 23.1 Å². The maximum absolute atomic E-state index is 13.8. The number of ether oxygens (including phenoxy) is 1. The van der Waals surface area contributed by atoms with Crippen molar-refractivity contribution >= 4 is 23.8 Å². The first-order valence-electron chi connectivity index (χ1n) is 6.59. The molecule has 0 unspecified atom stereocenters. The molecule has 2 rings (SSSR count). The number of esters is 1. The van der Waals surface area contributed by atoms with E-state index in [4.69, 9.17) is 4.74 Å². The number of nitrogens with zero attached hydrogens (tertiary/aromatic N) is 3. The molecule has 0 saturated carbocycles. The minimum absolute atomic E-state index is 0.0341. The lowest BCUT2D eigenvalue weighted by molar-refractivity contribution is -0.137. The number of aliphatic hydroxyl groups excluding tert-OH is 1. The summed E-state index contributed by atoms with van der Waals surface area (Å²) < 4.78 is 44.8. The van der Waals surface area contributed by atoms with Gasteiger partial charge < -0.3 is 9.84 Å². The Labute approximate surface area is 133 Å². The summed E-state index contributed by atoms with van der Waals surface area (Å²) in [5.74, 6) is -6.02. The lowest BCUT2D eigenvalue weighted by Crippen LogP contribution is -2.12. The zero-order valence-corrected chi connectivity index (χ0v) is 12.3. The van der Waals surface area contributed by atoms with Crippen LogP contribution in [-0.4, -0.2) is 39.3 Å². The third-order valence-electron chi connectivity index (χ3n) is 2.74. The Hall–Kier alpha value is -3.17. The number of halogens is 3. The fourth-order valence-corrected chi connectivity index (χ4v) is 1.66. The van der Waals surface area contributed by atoms with Crippen LogP contribution >= 0.6 is 0 Å². The van der Waals surface area contributed by atoms with Gasteiger partial charge in [0, 0.05) is 12.3 Å². The number of hydrogen-bond donors (Lipinski definition) is 2. The largest absolute Gasteiger partial charge is 0.506 e. The molecule has 0 spiro atoms. The van der Waals surface area contributed by atoms with Gasteiger partial charge in [0.25, 0.3) is 0 Å². The summed E-state index contributed by atoms with van der Waals surface area (Å²) in [6, 6.07) is 0.668. The molecule has 24 heavy (non-hydrogen) atoms. The van der Waals surface area contributed by atoms with Crippen molar-refractivity contribution in [1.29, 1.82) is 0 Å². The predicted octanol–water partition coefficient (Wildman–Crippen LogP) is 2.46. The minimum atomic E-state index is -1.43. The van der Waals surface area contributed by atoms with Crippen molar-refractivity contribution in [2.24, 2.45) is 4.99 Å². The average Bonchev–Trinajstić information content (AvgIpc) is 3.04. The molecule has 0 radical (unpaired) electrons. The lowest BCUT2D eigenvalue weighted by atomic mass is 10.1. The van der Waals surface area contributed by atoms with E-state index >= 15 is 0 Å². The zero-order valence-electron chi connectivity index (χ0n) is 12.3. The number of aromatic nitrogens is 3. The van der Waals surface area contributed by atoms with Gasteiger partial charge in [0.1, 0.15) is 17.1 Å². The molecule has 1 aromatic heterocycles. The zero-order chi connectivity index (χ0) is 17.7. The number of aliphatic imine (C=N–C) groups is 1. The molecular weight excluding hydrogens is 329 g/mol. The van der Waals surface area contributed by atoms with Gasteiger partial charge in [-0.05, 0) is 13.0 Å². The summed E-state index contributed by atoms with van der Waals surface area (Å²) in [5, 5.41) is 19.5. The van der Waals surface area contributed by atoms with Crippen molar-refractivity contribution in [1.82, 2.24) is 15.4 Å². The van der Waals surface area contributed by atoms with Crippen molar-refractivity contribution in [3.8, 4) is 0 Å². The molecule has 0 aliphatic heterocycles. The molecule has 1 heterocycles. The van der Waals surface area contributed by atoms with Gasteiger partial charge in [-0.1, -0.05) is 0 Å². The van der Waals surface area contributed by atoms with Crippen LogP contribution in [0.1, 0.15) is 12.5 Å². The topological polar surface area (TPSA) is 100 Å². The number of hydrogen-bond acceptors (Lipinski definition) is 6. The molecule has 126 valence electrons. The number of carbonyl (C=O) groups is 1. The highest BCUT2D eigenvalue weighted by molar-refractivity contribution is 6.15. The standard InChI is InChI=1S/C14H11F3N4O3/c1-2-24-14(23)8(5-18-12-6-19-21-20-12)13(22)7-3-10(16)11(17)4-9(7)15/h3-6,22H,2H2,1H3,(H,19,20,21). The molecule has 2 aromatic rings. The summed E-state index contributed by atoms with van der Waals surface area (Å²) in [6.45, 7) is 1.48. The third kappa shape index (κ3) is 3.77. The van der Waals surface area contributed by atoms with Gasteiger partial charge in [-0.2, -0.15) is 10.3 Å². The highest BCUT2D eigenvalue weighted by Crippen LogP contribution is 2.23. The van der Waals surface area contributed by atoms with Gasteiger partial charge >= 0.3 is 5.97 Å². The maximum atomic E-state index is 13.8. The summed E-state index contributed by atoms with van der Waals surface area (Å²) >= 11 is 0. The van der Waals surface area contributed by atoms with Crippen molar-refractivity contribution in [3.63, 3.8) is 0 Å². The van der Waals surface area contributed by atoms with Crippen LogP contribution in [0.25, 0.3) is 5.76 Å². The number of nitrogens with one attached hydrogen (secondary N) is 1. The van der Waals surface area contributed by atoms with E-state index in [2.05, 4.69) is 20.4 Å². The number of carbonyl (C=O) groups excluding carboxylic acids is 1. The Kier molecular flexibility index (Phi) is 5.30. The lowest BCUT2D eigenvalue weighted by Gasteiger charge is -2.08. The van der Waals surface area contributed by atoms with Crippen LogP contribution in [0.5, 0.6) is 0 Å². The summed E-state index contributed by atoms with van der Waals surface area (Å²) in [7, 11) is 0. The van der Waals surface area contributed by atoms with Crippen LogP contribution in [0.2, 0.25) is 0 Å². The molecule has 0 amide bonds. The van der Waals surface area contributed by atoms with Crippen molar-refractivity contribution < 1.29 is 27.8 Å². The quantitative estimate of drug-likeness (QED) is 0.286. The van der Waals surface area contributed by atoms with Crippen LogP contribution in [0, 0.1) is 17.5 Å². The van der Waals surface area contributed by atoms with Gasteiger partial charge in [0.2, 0.25) is 0 Å². The van der Waals surface area contributed by atoms with Gasteiger partial charge in [0.05, 0.1) is 18.4 Å². The van der Waals surface area contributed by atoms with E-state index in [-0.39, 0.29) is 18.5 Å². The number of rotatable bonds is 5. The summed E-state index contributed by atoms with van der Waals surface area (Å²) in [4.78, 5) is 15.7. The second-order valence-corrected chi connectivity index (χ2v) is 4.32. The van der Waals surface area contributed by atoms with E-state index in [1.54, 1.807) is 0 Å². The van der Waals surface area contributed by atoms with Crippen molar-refractivity contribution in [2.75, 3.05) is 6.61 Å². The van der Waals surface area contributed by atoms with Crippen LogP contribution in [0.4, 0.5) is 19.0 Å².